The Morgan fingerprint density at radius 2 is 0.683 bits per heavy atom. The van der Waals surface area contributed by atoms with Gasteiger partial charge in [0.05, 0.1) is 76.4 Å². The highest BCUT2D eigenvalue weighted by Gasteiger charge is 2.33. The minimum absolute atomic E-state index is 0.0360. The zero-order chi connectivity index (χ0) is 43.5. The number of ether oxygens (including phenoxy) is 3. The molecule has 9 N–H and O–H groups in total. The molecule has 6 heterocycles. The molecule has 0 amide bonds. The molecular formula is C42H80N18O3. The lowest BCUT2D eigenvalue weighted by Crippen LogP contribution is -2.39. The van der Waals surface area contributed by atoms with Crippen LogP contribution in [0.3, 0.4) is 0 Å². The largest absolute Gasteiger partial charge is 0.369 e. The summed E-state index contributed by atoms with van der Waals surface area (Å²) in [6.45, 7) is 21.8. The molecule has 21 heteroatoms. The predicted molar refractivity (Wildman–Crippen MR) is 242 cm³/mol. The van der Waals surface area contributed by atoms with Gasteiger partial charge in [-0.1, -0.05) is 22.6 Å². The molecule has 0 radical (unpaired) electrons. The summed E-state index contributed by atoms with van der Waals surface area (Å²) in [7, 11) is 0. The van der Waals surface area contributed by atoms with E-state index in [0.29, 0.717) is 39.5 Å². The first-order valence-electron chi connectivity index (χ1n) is 24.0. The molecular weight excluding hydrogens is 805 g/mol. The van der Waals surface area contributed by atoms with E-state index in [1.165, 1.54) is 0 Å². The summed E-state index contributed by atoms with van der Waals surface area (Å²) < 4.78 is 25.0. The molecule has 3 aromatic heterocycles. The maximum Gasteiger partial charge on any atom is 0.108 e. The van der Waals surface area contributed by atoms with Crippen molar-refractivity contribution in [2.75, 3.05) is 118 Å². The van der Waals surface area contributed by atoms with Crippen molar-refractivity contribution in [1.82, 2.24) is 92.8 Å². The summed E-state index contributed by atoms with van der Waals surface area (Å²) in [4.78, 5) is 0. The number of rotatable bonds is 16. The van der Waals surface area contributed by atoms with Gasteiger partial charge in [0.15, 0.2) is 0 Å². The number of nitrogens with zero attached hydrogens (tertiary/aromatic N) is 9. The van der Waals surface area contributed by atoms with E-state index in [2.05, 4.69) is 85.7 Å². The average Bonchev–Trinajstić information content (AvgIpc) is 4.05. The average molecular weight is 885 g/mol. The number of hydrogen-bond acceptors (Lipinski definition) is 18. The molecule has 3 saturated heterocycles. The second-order valence-electron chi connectivity index (χ2n) is 17.5. The number of nitrogens with one attached hydrogen (secondary N) is 9. The third-order valence-corrected chi connectivity index (χ3v) is 11.9. The van der Waals surface area contributed by atoms with Crippen molar-refractivity contribution in [1.29, 1.82) is 0 Å². The Morgan fingerprint density at radius 1 is 0.429 bits per heavy atom. The van der Waals surface area contributed by atoms with Gasteiger partial charge in [-0.25, -0.2) is 0 Å². The standard InChI is InChI=1S/C42H80N18O3/c1-2-42(33-58-27-36(52-55-58)30-61-39-21-46-15-3-9-43-10-4-16-47-22-39,34-59-28-37(53-56-59)31-62-40-23-48-17-5-11-44-12-6-18-49-24-40)35-60-29-38(54-57-60)32-63-41-25-50-19-7-13-45-14-8-20-51-26-41/h27-29,39-41,43-51H,2-26,30-35H2,1H3. The maximum absolute atomic E-state index is 6.40. The minimum atomic E-state index is -0.369. The van der Waals surface area contributed by atoms with E-state index in [0.717, 1.165) is 180 Å². The van der Waals surface area contributed by atoms with Crippen LogP contribution in [0.4, 0.5) is 0 Å². The van der Waals surface area contributed by atoms with Gasteiger partial charge in [0.2, 0.25) is 0 Å². The highest BCUT2D eigenvalue weighted by Crippen LogP contribution is 2.29. The Bertz CT molecular complexity index is 1390. The monoisotopic (exact) mass is 885 g/mol. The quantitative estimate of drug-likeness (QED) is 0.0807. The summed E-state index contributed by atoms with van der Waals surface area (Å²) in [6.07, 6.45) is 13.6. The van der Waals surface area contributed by atoms with Crippen molar-refractivity contribution in [3.05, 3.63) is 35.7 Å². The summed E-state index contributed by atoms with van der Waals surface area (Å²) in [6, 6.07) is 0. The van der Waals surface area contributed by atoms with Gasteiger partial charge in [-0.2, -0.15) is 0 Å². The topological polar surface area (TPSA) is 228 Å². The van der Waals surface area contributed by atoms with Crippen molar-refractivity contribution in [3.8, 4) is 0 Å². The normalized spacial score (nSPS) is 20.7. The molecule has 3 aliphatic heterocycles. The van der Waals surface area contributed by atoms with Crippen LogP contribution in [-0.4, -0.2) is 181 Å². The molecule has 21 nitrogen and oxygen atoms in total. The predicted octanol–water partition coefficient (Wildman–Crippen LogP) is -1.40. The smallest absolute Gasteiger partial charge is 0.108 e. The van der Waals surface area contributed by atoms with Gasteiger partial charge in [0.1, 0.15) is 17.1 Å². The van der Waals surface area contributed by atoms with E-state index in [1.54, 1.807) is 0 Å². The second-order valence-corrected chi connectivity index (χ2v) is 17.5. The molecule has 3 fully saturated rings. The van der Waals surface area contributed by atoms with Gasteiger partial charge in [-0.05, 0) is 123 Å². The van der Waals surface area contributed by atoms with E-state index in [4.69, 9.17) is 14.2 Å². The van der Waals surface area contributed by atoms with E-state index in [9.17, 15) is 0 Å². The summed E-state index contributed by atoms with van der Waals surface area (Å²) in [5.41, 5.74) is 2.04. The first-order valence-corrected chi connectivity index (χ1v) is 24.0. The van der Waals surface area contributed by atoms with Gasteiger partial charge in [0.25, 0.3) is 0 Å². The fourth-order valence-corrected chi connectivity index (χ4v) is 8.13. The molecule has 0 atom stereocenters. The van der Waals surface area contributed by atoms with Crippen molar-refractivity contribution in [2.45, 2.75) is 110 Å². The summed E-state index contributed by atoms with van der Waals surface area (Å²) in [5, 5.41) is 59.3. The number of hydrogen-bond donors (Lipinski definition) is 9. The van der Waals surface area contributed by atoms with Crippen LogP contribution >= 0.6 is 0 Å². The van der Waals surface area contributed by atoms with Crippen LogP contribution in [0, 0.1) is 5.41 Å². The Morgan fingerprint density at radius 3 is 0.937 bits per heavy atom. The van der Waals surface area contributed by atoms with Crippen LogP contribution in [-0.2, 0) is 53.7 Å². The van der Waals surface area contributed by atoms with Crippen LogP contribution in [0.1, 0.15) is 69.0 Å². The maximum atomic E-state index is 6.40. The highest BCUT2D eigenvalue weighted by molar-refractivity contribution is 4.96. The fraction of sp³-hybridized carbons (Fsp3) is 0.857. The molecule has 0 spiro atoms. The Balaban J connectivity index is 1.10. The van der Waals surface area contributed by atoms with Crippen LogP contribution in [0.25, 0.3) is 0 Å². The lowest BCUT2D eigenvalue weighted by molar-refractivity contribution is 0.0390. The van der Waals surface area contributed by atoms with E-state index in [-0.39, 0.29) is 23.7 Å². The zero-order valence-electron chi connectivity index (χ0n) is 38.1. The summed E-state index contributed by atoms with van der Waals surface area (Å²) >= 11 is 0. The van der Waals surface area contributed by atoms with Gasteiger partial charge >= 0.3 is 0 Å². The molecule has 356 valence electrons. The SMILES string of the molecule is CCC(Cn1cc(COC2CNCCCNCCCNC2)nn1)(Cn1cc(COC2CNCCCNCCCNC2)nn1)Cn1cc(COC2CNCCCNCCCNC2)nn1. The van der Waals surface area contributed by atoms with Crippen LogP contribution in [0.15, 0.2) is 18.6 Å². The molecule has 63 heavy (non-hydrogen) atoms. The third-order valence-electron chi connectivity index (χ3n) is 11.9. The lowest BCUT2D eigenvalue weighted by atomic mass is 9.84. The first kappa shape index (κ1) is 49.4. The molecule has 0 bridgehead atoms. The fourth-order valence-electron chi connectivity index (χ4n) is 8.13. The van der Waals surface area contributed by atoms with Crippen LogP contribution < -0.4 is 47.9 Å². The molecule has 0 saturated carbocycles. The van der Waals surface area contributed by atoms with Crippen molar-refractivity contribution < 1.29 is 14.2 Å². The van der Waals surface area contributed by atoms with Gasteiger partial charge in [-0.3, -0.25) is 14.0 Å². The van der Waals surface area contributed by atoms with Gasteiger partial charge < -0.3 is 62.1 Å². The van der Waals surface area contributed by atoms with E-state index in [1.807, 2.05) is 32.6 Å². The van der Waals surface area contributed by atoms with E-state index >= 15 is 0 Å². The highest BCUT2D eigenvalue weighted by atomic mass is 16.5. The third kappa shape index (κ3) is 19.5. The molecule has 0 aromatic carbocycles. The zero-order valence-corrected chi connectivity index (χ0v) is 38.1. The number of aromatic nitrogens is 9. The minimum Gasteiger partial charge on any atom is -0.369 e. The molecule has 6 rings (SSSR count). The molecule has 3 aromatic rings. The van der Waals surface area contributed by atoms with Crippen LogP contribution in [0.5, 0.6) is 0 Å². The van der Waals surface area contributed by atoms with Crippen molar-refractivity contribution >= 4 is 0 Å². The summed E-state index contributed by atoms with van der Waals surface area (Å²) in [5.74, 6) is 0. The van der Waals surface area contributed by atoms with Gasteiger partial charge in [-0.15, -0.1) is 15.3 Å². The van der Waals surface area contributed by atoms with Gasteiger partial charge in [0, 0.05) is 44.7 Å². The first-order chi connectivity index (χ1) is 31.1. The second kappa shape index (κ2) is 29.5. The van der Waals surface area contributed by atoms with Crippen molar-refractivity contribution in [3.63, 3.8) is 0 Å². The lowest BCUT2D eigenvalue weighted by Gasteiger charge is -2.32. The van der Waals surface area contributed by atoms with E-state index < -0.39 is 0 Å². The molecule has 0 unspecified atom stereocenters. The molecule has 0 aliphatic carbocycles. The van der Waals surface area contributed by atoms with Crippen LogP contribution in [0.2, 0.25) is 0 Å². The Hall–Kier alpha value is -3.06. The molecule has 3 aliphatic rings. The Labute approximate surface area is 374 Å². The Kier molecular flexibility index (Phi) is 23.1. The van der Waals surface area contributed by atoms with Crippen molar-refractivity contribution in [2.24, 2.45) is 5.41 Å².